The summed E-state index contributed by atoms with van der Waals surface area (Å²) in [6.45, 7) is 4.20. The van der Waals surface area contributed by atoms with Gasteiger partial charge in [-0.1, -0.05) is 0 Å². The molecule has 0 bridgehead atoms. The largest absolute Gasteiger partial charge is 0.463 e. The van der Waals surface area contributed by atoms with Crippen LogP contribution in [0.15, 0.2) is 0 Å². The number of rotatable bonds is 8. The highest BCUT2D eigenvalue weighted by Crippen LogP contribution is 2.24. The molecule has 1 rings (SSSR count). The van der Waals surface area contributed by atoms with Gasteiger partial charge in [-0.15, -0.1) is 0 Å². The van der Waals surface area contributed by atoms with Crippen LogP contribution in [0.4, 0.5) is 0 Å². The lowest BCUT2D eigenvalue weighted by Gasteiger charge is -2.40. The zero-order valence-electron chi connectivity index (χ0n) is 14.3. The Morgan fingerprint density at radius 2 is 1.62 bits per heavy atom. The van der Waals surface area contributed by atoms with Crippen molar-refractivity contribution < 1.29 is 42.8 Å². The van der Waals surface area contributed by atoms with Gasteiger partial charge in [0.25, 0.3) is 0 Å². The highest BCUT2D eigenvalue weighted by atomic mass is 16.6. The summed E-state index contributed by atoms with van der Waals surface area (Å²) in [4.78, 5) is 33.7. The van der Waals surface area contributed by atoms with Crippen LogP contribution < -0.4 is 0 Å². The van der Waals surface area contributed by atoms with Crippen LogP contribution >= 0.6 is 0 Å². The Bertz CT molecular complexity index is 437. The van der Waals surface area contributed by atoms with E-state index in [2.05, 4.69) is 0 Å². The molecule has 0 aromatic heterocycles. The molecular formula is C15H24O9. The number of carbonyl (C=O) groups is 3. The molecule has 9 nitrogen and oxygen atoms in total. The number of carbonyl (C=O) groups excluding carboxylic acids is 3. The molecule has 24 heavy (non-hydrogen) atoms. The van der Waals surface area contributed by atoms with Gasteiger partial charge < -0.3 is 28.4 Å². The predicted molar refractivity (Wildman–Crippen MR) is 79.1 cm³/mol. The minimum absolute atomic E-state index is 0.0287. The van der Waals surface area contributed by atoms with E-state index in [1.807, 2.05) is 0 Å². The first-order chi connectivity index (χ1) is 11.3. The van der Waals surface area contributed by atoms with Crippen molar-refractivity contribution in [1.29, 1.82) is 0 Å². The summed E-state index contributed by atoms with van der Waals surface area (Å²) in [6.07, 6.45) is -3.13. The minimum Gasteiger partial charge on any atom is -0.463 e. The van der Waals surface area contributed by atoms with Crippen LogP contribution in [-0.2, 0) is 42.8 Å². The van der Waals surface area contributed by atoms with E-state index >= 15 is 0 Å². The molecule has 0 radical (unpaired) electrons. The van der Waals surface area contributed by atoms with E-state index in [1.165, 1.54) is 27.9 Å². The summed E-state index contributed by atoms with van der Waals surface area (Å²) in [5, 5.41) is 0. The molecule has 1 fully saturated rings. The third-order valence-corrected chi connectivity index (χ3v) is 3.20. The number of esters is 3. The predicted octanol–water partition coefficient (Wildman–Crippen LogP) is -0.157. The van der Waals surface area contributed by atoms with Gasteiger partial charge in [-0.2, -0.15) is 0 Å². The first-order valence-corrected chi connectivity index (χ1v) is 7.55. The molecular weight excluding hydrogens is 324 g/mol. The van der Waals surface area contributed by atoms with Gasteiger partial charge in [0.05, 0.1) is 19.8 Å². The highest BCUT2D eigenvalue weighted by Gasteiger charge is 2.45. The molecule has 0 aromatic rings. The average Bonchev–Trinajstić information content (AvgIpc) is 2.47. The van der Waals surface area contributed by atoms with E-state index in [1.54, 1.807) is 0 Å². The summed E-state index contributed by atoms with van der Waals surface area (Å²) in [5.74, 6) is -1.55. The van der Waals surface area contributed by atoms with Gasteiger partial charge in [0, 0.05) is 27.9 Å². The van der Waals surface area contributed by atoms with Gasteiger partial charge in [-0.25, -0.2) is 0 Å². The second-order valence-corrected chi connectivity index (χ2v) is 5.22. The van der Waals surface area contributed by atoms with Crippen LogP contribution in [0.25, 0.3) is 0 Å². The molecule has 1 heterocycles. The van der Waals surface area contributed by atoms with Gasteiger partial charge in [-0.05, 0) is 0 Å². The molecule has 0 saturated carbocycles. The minimum atomic E-state index is -0.892. The quantitative estimate of drug-likeness (QED) is 0.336. The Balaban J connectivity index is 2.90. The van der Waals surface area contributed by atoms with Crippen LogP contribution in [0.1, 0.15) is 20.8 Å². The van der Waals surface area contributed by atoms with Crippen LogP contribution in [0.5, 0.6) is 0 Å². The second kappa shape index (κ2) is 10.2. The molecule has 0 N–H and O–H groups in total. The molecule has 138 valence electrons. The first-order valence-electron chi connectivity index (χ1n) is 7.55. The fraction of sp³-hybridized carbons (Fsp3) is 0.800. The lowest BCUT2D eigenvalue weighted by molar-refractivity contribution is -0.233. The SMILES string of the molecule is COCCO[C@@H]1[C@H](OC(C)=O)[C@@H](COC(C)=O)OC[C@@H]1OC(C)=O. The maximum absolute atomic E-state index is 11.4. The smallest absolute Gasteiger partial charge is 0.303 e. The van der Waals surface area contributed by atoms with Crippen molar-refractivity contribution in [2.24, 2.45) is 0 Å². The second-order valence-electron chi connectivity index (χ2n) is 5.22. The van der Waals surface area contributed by atoms with E-state index in [9.17, 15) is 14.4 Å². The summed E-state index contributed by atoms with van der Waals surface area (Å²) >= 11 is 0. The maximum Gasteiger partial charge on any atom is 0.303 e. The van der Waals surface area contributed by atoms with E-state index in [0.717, 1.165) is 0 Å². The van der Waals surface area contributed by atoms with Crippen molar-refractivity contribution in [3.8, 4) is 0 Å². The molecule has 4 atom stereocenters. The maximum atomic E-state index is 11.4. The molecule has 0 unspecified atom stereocenters. The third kappa shape index (κ3) is 6.81. The number of hydrogen-bond donors (Lipinski definition) is 0. The normalized spacial score (nSPS) is 26.5. The Kier molecular flexibility index (Phi) is 8.66. The summed E-state index contributed by atoms with van der Waals surface area (Å²) < 4.78 is 31.6. The van der Waals surface area contributed by atoms with Crippen molar-refractivity contribution in [1.82, 2.24) is 0 Å². The van der Waals surface area contributed by atoms with Gasteiger partial charge in [0.2, 0.25) is 0 Å². The lowest BCUT2D eigenvalue weighted by Crippen LogP contribution is -2.58. The molecule has 9 heteroatoms. The van der Waals surface area contributed by atoms with Crippen molar-refractivity contribution >= 4 is 17.9 Å². The summed E-state index contributed by atoms with van der Waals surface area (Å²) in [5.41, 5.74) is 0. The lowest BCUT2D eigenvalue weighted by atomic mass is 9.99. The standard InChI is InChI=1S/C15H24O9/c1-9(16)21-7-12-15(24-11(3)18)14(20-6-5-19-4)13(8-22-12)23-10(2)17/h12-15H,5-8H2,1-4H3/t12-,13+,14+,15-/m1/s1. The van der Waals surface area contributed by atoms with E-state index in [-0.39, 0.29) is 19.8 Å². The van der Waals surface area contributed by atoms with Gasteiger partial charge in [0.15, 0.2) is 12.2 Å². The van der Waals surface area contributed by atoms with Crippen molar-refractivity contribution in [2.45, 2.75) is 45.2 Å². The zero-order valence-corrected chi connectivity index (χ0v) is 14.3. The van der Waals surface area contributed by atoms with Gasteiger partial charge in [0.1, 0.15) is 18.8 Å². The summed E-state index contributed by atoms with van der Waals surface area (Å²) in [6, 6.07) is 0. The Morgan fingerprint density at radius 3 is 2.17 bits per heavy atom. The molecule has 1 aliphatic rings. The van der Waals surface area contributed by atoms with Gasteiger partial charge >= 0.3 is 17.9 Å². The Morgan fingerprint density at radius 1 is 0.958 bits per heavy atom. The zero-order chi connectivity index (χ0) is 18.1. The van der Waals surface area contributed by atoms with Crippen molar-refractivity contribution in [2.75, 3.05) is 33.5 Å². The fourth-order valence-corrected chi connectivity index (χ4v) is 2.29. The molecule has 0 aliphatic carbocycles. The Labute approximate surface area is 140 Å². The van der Waals surface area contributed by atoms with Crippen LogP contribution in [0, 0.1) is 0 Å². The van der Waals surface area contributed by atoms with E-state index in [4.69, 9.17) is 28.4 Å². The molecule has 0 amide bonds. The highest BCUT2D eigenvalue weighted by molar-refractivity contribution is 5.67. The van der Waals surface area contributed by atoms with Crippen molar-refractivity contribution in [3.05, 3.63) is 0 Å². The van der Waals surface area contributed by atoms with Crippen LogP contribution in [0.2, 0.25) is 0 Å². The molecule has 1 aliphatic heterocycles. The Hall–Kier alpha value is -1.71. The van der Waals surface area contributed by atoms with E-state index in [0.29, 0.717) is 6.61 Å². The molecule has 0 aromatic carbocycles. The van der Waals surface area contributed by atoms with Gasteiger partial charge in [-0.3, -0.25) is 14.4 Å². The van der Waals surface area contributed by atoms with E-state index < -0.39 is 42.3 Å². The van der Waals surface area contributed by atoms with Crippen molar-refractivity contribution in [3.63, 3.8) is 0 Å². The monoisotopic (exact) mass is 348 g/mol. The average molecular weight is 348 g/mol. The molecule has 0 spiro atoms. The third-order valence-electron chi connectivity index (χ3n) is 3.20. The molecule has 1 saturated heterocycles. The topological polar surface area (TPSA) is 107 Å². The first kappa shape index (κ1) is 20.3. The van der Waals surface area contributed by atoms with Crippen LogP contribution in [0.3, 0.4) is 0 Å². The summed E-state index contributed by atoms with van der Waals surface area (Å²) in [7, 11) is 1.52. The number of hydrogen-bond acceptors (Lipinski definition) is 9. The fourth-order valence-electron chi connectivity index (χ4n) is 2.29. The number of methoxy groups -OCH3 is 1. The number of ether oxygens (including phenoxy) is 6. The van der Waals surface area contributed by atoms with Crippen LogP contribution in [-0.4, -0.2) is 75.9 Å².